The topological polar surface area (TPSA) is 61.8 Å². The zero-order chi connectivity index (χ0) is 49.1. The Hall–Kier alpha value is -3.08. The predicted octanol–water partition coefficient (Wildman–Crippen LogP) is 21.2. The predicted molar refractivity (Wildman–Crippen MR) is 300 cm³/mol. The molecule has 0 aromatic heterocycles. The summed E-state index contributed by atoms with van der Waals surface area (Å²) in [6.45, 7) is 8.64. The van der Waals surface area contributed by atoms with Gasteiger partial charge in [-0.1, -0.05) is 271 Å². The van der Waals surface area contributed by atoms with Gasteiger partial charge in [-0.3, -0.25) is 9.59 Å². The summed E-state index contributed by atoms with van der Waals surface area (Å²) < 4.78 is 19.4. The van der Waals surface area contributed by atoms with Gasteiger partial charge >= 0.3 is 0 Å². The van der Waals surface area contributed by atoms with Crippen LogP contribution in [0.2, 0.25) is 0 Å². The highest BCUT2D eigenvalue weighted by molar-refractivity contribution is 6.09. The number of rotatable bonds is 50. The Labute approximate surface area is 425 Å². The minimum absolute atomic E-state index is 0.539. The zero-order valence-electron chi connectivity index (χ0n) is 45.4. The van der Waals surface area contributed by atoms with Crippen molar-refractivity contribution in [1.29, 1.82) is 0 Å². The van der Waals surface area contributed by atoms with Crippen molar-refractivity contribution in [1.82, 2.24) is 0 Å². The van der Waals surface area contributed by atoms with Crippen molar-refractivity contribution in [2.45, 2.75) is 290 Å². The largest absolute Gasteiger partial charge is 0.493 e. The van der Waals surface area contributed by atoms with Crippen LogP contribution in [0.4, 0.5) is 0 Å². The number of benzene rings is 3. The van der Waals surface area contributed by atoms with Crippen LogP contribution in [0.5, 0.6) is 17.2 Å². The van der Waals surface area contributed by atoms with Crippen LogP contribution in [0.1, 0.15) is 311 Å². The van der Waals surface area contributed by atoms with E-state index in [0.29, 0.717) is 42.4 Å². The Morgan fingerprint density at radius 3 is 0.768 bits per heavy atom. The number of fused-ring (bicyclic) bond motifs is 2. The van der Waals surface area contributed by atoms with Gasteiger partial charge in [-0.15, -0.1) is 0 Å². The van der Waals surface area contributed by atoms with Crippen LogP contribution < -0.4 is 14.2 Å². The average molecular weight is 956 g/mol. The van der Waals surface area contributed by atoms with E-state index in [1.807, 2.05) is 24.3 Å². The van der Waals surface area contributed by atoms with Crippen LogP contribution in [0, 0.1) is 0 Å². The summed E-state index contributed by atoms with van der Waals surface area (Å²) in [4.78, 5) is 25.1. The maximum Gasteiger partial charge on any atom is 0.153 e. The molecular weight excluding hydrogens is 849 g/mol. The third-order valence-electron chi connectivity index (χ3n) is 14.7. The lowest BCUT2D eigenvalue weighted by atomic mass is 9.98. The Bertz CT molecular complexity index is 1590. The Morgan fingerprint density at radius 2 is 0.522 bits per heavy atom. The first kappa shape index (κ1) is 60.2. The first-order valence-corrected chi connectivity index (χ1v) is 30.0. The molecule has 0 aliphatic heterocycles. The minimum Gasteiger partial charge on any atom is -0.493 e. The molecule has 3 aromatic rings. The summed E-state index contributed by atoms with van der Waals surface area (Å²) in [6, 6.07) is 10.0. The van der Waals surface area contributed by atoms with Crippen molar-refractivity contribution in [2.24, 2.45) is 0 Å². The summed E-state index contributed by atoms with van der Waals surface area (Å²) in [5, 5.41) is 3.70. The van der Waals surface area contributed by atoms with Crippen molar-refractivity contribution in [2.75, 3.05) is 19.8 Å². The van der Waals surface area contributed by atoms with Crippen LogP contribution in [0.25, 0.3) is 21.5 Å². The molecule has 0 fully saturated rings. The molecule has 0 heterocycles. The molecule has 0 saturated heterocycles. The first-order chi connectivity index (χ1) is 34.2. The number of carbonyl (C=O) groups is 2. The van der Waals surface area contributed by atoms with E-state index in [-0.39, 0.29) is 0 Å². The first-order valence-electron chi connectivity index (χ1n) is 30.0. The molecule has 0 bridgehead atoms. The van der Waals surface area contributed by atoms with E-state index in [9.17, 15) is 9.59 Å². The number of hydrogen-bond acceptors (Lipinski definition) is 5. The second-order valence-corrected chi connectivity index (χ2v) is 21.0. The van der Waals surface area contributed by atoms with Crippen molar-refractivity contribution >= 4 is 34.1 Å². The fourth-order valence-corrected chi connectivity index (χ4v) is 10.2. The molecule has 0 N–H and O–H groups in total. The normalized spacial score (nSPS) is 11.5. The number of ether oxygens (including phenoxy) is 3. The van der Waals surface area contributed by atoms with Gasteiger partial charge in [0.15, 0.2) is 12.6 Å². The molecule has 0 aliphatic carbocycles. The van der Waals surface area contributed by atoms with Gasteiger partial charge in [0.05, 0.1) is 30.9 Å². The van der Waals surface area contributed by atoms with Gasteiger partial charge in [-0.2, -0.15) is 0 Å². The Kier molecular flexibility index (Phi) is 37.2. The lowest BCUT2D eigenvalue weighted by Crippen LogP contribution is -2.03. The van der Waals surface area contributed by atoms with Crippen LogP contribution >= 0.6 is 0 Å². The van der Waals surface area contributed by atoms with E-state index in [0.717, 1.165) is 78.4 Å². The molecule has 0 unspecified atom stereocenters. The highest BCUT2D eigenvalue weighted by Gasteiger charge is 2.17. The summed E-state index contributed by atoms with van der Waals surface area (Å²) in [6.07, 6.45) is 57.1. The molecule has 0 radical (unpaired) electrons. The van der Waals surface area contributed by atoms with Gasteiger partial charge in [0.25, 0.3) is 0 Å². The maximum atomic E-state index is 12.6. The second-order valence-electron chi connectivity index (χ2n) is 21.0. The van der Waals surface area contributed by atoms with Crippen LogP contribution in [0.15, 0.2) is 30.3 Å². The van der Waals surface area contributed by atoms with Gasteiger partial charge in [0, 0.05) is 10.8 Å². The Morgan fingerprint density at radius 1 is 0.290 bits per heavy atom. The molecule has 5 nitrogen and oxygen atoms in total. The molecule has 3 aromatic carbocycles. The smallest absolute Gasteiger partial charge is 0.153 e. The van der Waals surface area contributed by atoms with Gasteiger partial charge in [-0.25, -0.2) is 0 Å². The third-order valence-corrected chi connectivity index (χ3v) is 14.7. The summed E-state index contributed by atoms with van der Waals surface area (Å²) in [7, 11) is 0. The molecule has 5 heteroatoms. The number of aldehydes is 2. The van der Waals surface area contributed by atoms with Crippen molar-refractivity contribution in [3.63, 3.8) is 0 Å². The molecule has 0 aliphatic rings. The van der Waals surface area contributed by atoms with Crippen LogP contribution in [0.3, 0.4) is 0 Å². The molecule has 0 amide bonds. The fourth-order valence-electron chi connectivity index (χ4n) is 10.2. The molecule has 392 valence electrons. The second kappa shape index (κ2) is 42.6. The van der Waals surface area contributed by atoms with Gasteiger partial charge < -0.3 is 14.2 Å². The van der Waals surface area contributed by atoms with Crippen molar-refractivity contribution in [3.8, 4) is 17.2 Å². The quantitative estimate of drug-likeness (QED) is 0.0321. The van der Waals surface area contributed by atoms with Crippen molar-refractivity contribution < 1.29 is 23.8 Å². The zero-order valence-corrected chi connectivity index (χ0v) is 45.4. The number of carbonyl (C=O) groups excluding carboxylic acids is 2. The molecule has 0 saturated carbocycles. The monoisotopic (exact) mass is 955 g/mol. The van der Waals surface area contributed by atoms with E-state index >= 15 is 0 Å². The standard InChI is InChI=1S/C64H106O5/c1-4-7-10-13-16-19-22-25-28-31-34-37-40-43-46-67-62-52-56-49-57-53-63(68-47-44-41-38-35-32-29-26-23-20-17-14-11-8-5-2)59(55-66)51-61(57)64(60(56)50-58(62)54-65)69-48-45-42-39-36-33-30-27-24-21-18-15-12-9-6-3/h49-55H,4-48H2,1-3H3. The SMILES string of the molecule is CCCCCCCCCCCCCCCCOc1cc2cc3cc(OCCCCCCCCCCCCCCCC)c(C=O)cc3c(OCCCCCCCCCCCCCCCC)c2cc1C=O. The maximum absolute atomic E-state index is 12.6. The molecule has 3 rings (SSSR count). The fraction of sp³-hybridized carbons (Fsp3) is 0.750. The lowest BCUT2D eigenvalue weighted by Gasteiger charge is -2.17. The third kappa shape index (κ3) is 27.9. The highest BCUT2D eigenvalue weighted by atomic mass is 16.5. The van der Waals surface area contributed by atoms with Crippen LogP contribution in [-0.4, -0.2) is 32.4 Å². The summed E-state index contributed by atoms with van der Waals surface area (Å²) in [5.41, 5.74) is 1.08. The van der Waals surface area contributed by atoms with Gasteiger partial charge in [0.1, 0.15) is 17.2 Å². The van der Waals surface area contributed by atoms with E-state index in [4.69, 9.17) is 14.2 Å². The highest BCUT2D eigenvalue weighted by Crippen LogP contribution is 2.40. The summed E-state index contributed by atoms with van der Waals surface area (Å²) >= 11 is 0. The van der Waals surface area contributed by atoms with Crippen LogP contribution in [-0.2, 0) is 0 Å². The lowest BCUT2D eigenvalue weighted by molar-refractivity contribution is 0.111. The van der Waals surface area contributed by atoms with E-state index < -0.39 is 0 Å². The van der Waals surface area contributed by atoms with Crippen molar-refractivity contribution in [3.05, 3.63) is 41.5 Å². The number of hydrogen-bond donors (Lipinski definition) is 0. The van der Waals surface area contributed by atoms with E-state index in [2.05, 4.69) is 26.8 Å². The van der Waals surface area contributed by atoms with Gasteiger partial charge in [-0.05, 0) is 60.4 Å². The Balaban J connectivity index is 1.55. The average Bonchev–Trinajstić information content (AvgIpc) is 3.36. The molecular formula is C64H106O5. The minimum atomic E-state index is 0.539. The molecule has 0 spiro atoms. The molecule has 69 heavy (non-hydrogen) atoms. The van der Waals surface area contributed by atoms with E-state index in [1.165, 1.54) is 231 Å². The number of unbranched alkanes of at least 4 members (excludes halogenated alkanes) is 39. The summed E-state index contributed by atoms with van der Waals surface area (Å²) in [5.74, 6) is 1.99. The molecule has 0 atom stereocenters. The van der Waals surface area contributed by atoms with E-state index in [1.54, 1.807) is 0 Å². The van der Waals surface area contributed by atoms with Gasteiger partial charge in [0.2, 0.25) is 0 Å².